The van der Waals surface area contributed by atoms with Crippen LogP contribution in [-0.4, -0.2) is 48.4 Å². The van der Waals surface area contributed by atoms with Gasteiger partial charge in [-0.05, 0) is 17.7 Å². The summed E-state index contributed by atoms with van der Waals surface area (Å²) in [5.41, 5.74) is 6.70. The lowest BCUT2D eigenvalue weighted by atomic mass is 10.2. The molecule has 1 aromatic carbocycles. The van der Waals surface area contributed by atoms with Crippen molar-refractivity contribution in [3.63, 3.8) is 0 Å². The van der Waals surface area contributed by atoms with Crippen LogP contribution in [0.3, 0.4) is 0 Å². The summed E-state index contributed by atoms with van der Waals surface area (Å²) >= 11 is 1.55. The van der Waals surface area contributed by atoms with E-state index in [0.29, 0.717) is 31.1 Å². The first-order valence-corrected chi connectivity index (χ1v) is 8.00. The molecule has 0 spiro atoms. The van der Waals surface area contributed by atoms with E-state index in [9.17, 15) is 9.90 Å². The van der Waals surface area contributed by atoms with E-state index in [1.807, 2.05) is 30.3 Å². The second-order valence-corrected chi connectivity index (χ2v) is 5.80. The Hall–Kier alpha value is -1.08. The van der Waals surface area contributed by atoms with Crippen molar-refractivity contribution in [3.8, 4) is 0 Å². The highest BCUT2D eigenvalue weighted by atomic mass is 32.2. The average Bonchev–Trinajstić information content (AvgIpc) is 2.51. The number of nitrogens with two attached hydrogens (primary N) is 1. The number of hydrogen-bond donors (Lipinski definition) is 2. The molecule has 1 rings (SSSR count). The number of thioether (sulfide) groups is 1. The van der Waals surface area contributed by atoms with Crippen molar-refractivity contribution in [1.29, 1.82) is 0 Å². The summed E-state index contributed by atoms with van der Waals surface area (Å²) in [7, 11) is 1.32. The van der Waals surface area contributed by atoms with E-state index in [0.717, 1.165) is 5.56 Å². The third-order valence-corrected chi connectivity index (χ3v) is 3.95. The number of hydrogen-bond acceptors (Lipinski definition) is 6. The quantitative estimate of drug-likeness (QED) is 0.499. The standard InChI is InChI=1S/C15H23NO4S/c1-19-15(18)14(16)7-8-21-11-13(17)10-20-9-12-5-3-2-4-6-12/h2-6,13-14,17H,7-11,16H2,1H3. The van der Waals surface area contributed by atoms with Gasteiger partial charge in [-0.25, -0.2) is 0 Å². The maximum absolute atomic E-state index is 11.1. The highest BCUT2D eigenvalue weighted by molar-refractivity contribution is 7.99. The lowest BCUT2D eigenvalue weighted by Gasteiger charge is -2.12. The molecule has 0 bridgehead atoms. The largest absolute Gasteiger partial charge is 0.468 e. The first-order chi connectivity index (χ1) is 10.1. The maximum atomic E-state index is 11.1. The SMILES string of the molecule is COC(=O)C(N)CCSCC(O)COCc1ccccc1. The Bertz CT molecular complexity index is 402. The van der Waals surface area contributed by atoms with Crippen LogP contribution in [0.2, 0.25) is 0 Å². The summed E-state index contributed by atoms with van der Waals surface area (Å²) in [6.45, 7) is 0.792. The average molecular weight is 313 g/mol. The molecule has 0 fully saturated rings. The number of aliphatic hydroxyl groups is 1. The predicted octanol–water partition coefficient (Wildman–Crippen LogP) is 1.19. The van der Waals surface area contributed by atoms with Gasteiger partial charge in [-0.1, -0.05) is 30.3 Å². The number of ether oxygens (including phenoxy) is 2. The van der Waals surface area contributed by atoms with E-state index >= 15 is 0 Å². The van der Waals surface area contributed by atoms with E-state index in [-0.39, 0.29) is 0 Å². The van der Waals surface area contributed by atoms with Crippen LogP contribution in [0.5, 0.6) is 0 Å². The number of rotatable bonds is 10. The Kier molecular flexibility index (Phi) is 9.09. The molecule has 0 aromatic heterocycles. The molecule has 0 aliphatic carbocycles. The van der Waals surface area contributed by atoms with Crippen molar-refractivity contribution in [2.75, 3.05) is 25.2 Å². The van der Waals surface area contributed by atoms with Gasteiger partial charge in [0.25, 0.3) is 0 Å². The fourth-order valence-corrected chi connectivity index (χ4v) is 2.59. The minimum Gasteiger partial charge on any atom is -0.468 e. The summed E-state index contributed by atoms with van der Waals surface area (Å²) in [6.07, 6.45) is 0.0163. The second kappa shape index (κ2) is 10.6. The molecule has 0 saturated carbocycles. The van der Waals surface area contributed by atoms with Crippen molar-refractivity contribution < 1.29 is 19.4 Å². The topological polar surface area (TPSA) is 81.8 Å². The van der Waals surface area contributed by atoms with Crippen LogP contribution in [0.25, 0.3) is 0 Å². The van der Waals surface area contributed by atoms with Crippen molar-refractivity contribution in [1.82, 2.24) is 0 Å². The molecule has 6 heteroatoms. The minimum absolute atomic E-state index is 0.297. The first-order valence-electron chi connectivity index (χ1n) is 6.84. The normalized spacial score (nSPS) is 13.7. The third-order valence-electron chi connectivity index (χ3n) is 2.81. The lowest BCUT2D eigenvalue weighted by Crippen LogP contribution is -2.32. The van der Waals surface area contributed by atoms with Gasteiger partial charge in [-0.3, -0.25) is 4.79 Å². The van der Waals surface area contributed by atoms with Crippen LogP contribution in [0.15, 0.2) is 30.3 Å². The van der Waals surface area contributed by atoms with Crippen LogP contribution in [-0.2, 0) is 20.9 Å². The lowest BCUT2D eigenvalue weighted by molar-refractivity contribution is -0.142. The Balaban J connectivity index is 2.04. The number of esters is 1. The first kappa shape index (κ1) is 18.0. The zero-order valence-corrected chi connectivity index (χ0v) is 13.1. The number of methoxy groups -OCH3 is 1. The monoisotopic (exact) mass is 313 g/mol. The molecule has 21 heavy (non-hydrogen) atoms. The summed E-state index contributed by atoms with van der Waals surface area (Å²) < 4.78 is 10.00. The fraction of sp³-hybridized carbons (Fsp3) is 0.533. The maximum Gasteiger partial charge on any atom is 0.322 e. The van der Waals surface area contributed by atoms with Crippen LogP contribution in [0.1, 0.15) is 12.0 Å². The van der Waals surface area contributed by atoms with Crippen molar-refractivity contribution in [2.24, 2.45) is 5.73 Å². The molecule has 0 radical (unpaired) electrons. The summed E-state index contributed by atoms with van der Waals surface area (Å²) in [5, 5.41) is 9.78. The molecule has 3 N–H and O–H groups in total. The molecule has 5 nitrogen and oxygen atoms in total. The van der Waals surface area contributed by atoms with Gasteiger partial charge in [0.05, 0.1) is 26.4 Å². The highest BCUT2D eigenvalue weighted by Crippen LogP contribution is 2.08. The van der Waals surface area contributed by atoms with Gasteiger partial charge in [0.2, 0.25) is 0 Å². The van der Waals surface area contributed by atoms with Crippen LogP contribution in [0, 0.1) is 0 Å². The number of benzene rings is 1. The van der Waals surface area contributed by atoms with Crippen molar-refractivity contribution >= 4 is 17.7 Å². The molecule has 0 heterocycles. The minimum atomic E-state index is -0.589. The van der Waals surface area contributed by atoms with Gasteiger partial charge >= 0.3 is 5.97 Å². The van der Waals surface area contributed by atoms with Crippen LogP contribution >= 0.6 is 11.8 Å². The smallest absolute Gasteiger partial charge is 0.322 e. The van der Waals surface area contributed by atoms with Gasteiger partial charge in [-0.2, -0.15) is 11.8 Å². The zero-order chi connectivity index (χ0) is 15.5. The van der Waals surface area contributed by atoms with E-state index in [1.54, 1.807) is 11.8 Å². The number of aliphatic hydroxyl groups excluding tert-OH is 1. The molecule has 2 atom stereocenters. The van der Waals surface area contributed by atoms with Gasteiger partial charge < -0.3 is 20.3 Å². The Morgan fingerprint density at radius 1 is 1.38 bits per heavy atom. The molecule has 0 amide bonds. The summed E-state index contributed by atoms with van der Waals surface area (Å²) in [6, 6.07) is 9.23. The van der Waals surface area contributed by atoms with Crippen molar-refractivity contribution in [2.45, 2.75) is 25.2 Å². The Labute approximate surface area is 129 Å². The number of carbonyl (C=O) groups excluding carboxylic acids is 1. The molecule has 1 aromatic rings. The summed E-state index contributed by atoms with van der Waals surface area (Å²) in [4.78, 5) is 11.1. The van der Waals surface area contributed by atoms with Crippen molar-refractivity contribution in [3.05, 3.63) is 35.9 Å². The molecular formula is C15H23NO4S. The highest BCUT2D eigenvalue weighted by Gasteiger charge is 2.13. The van der Waals surface area contributed by atoms with E-state index in [2.05, 4.69) is 4.74 Å². The molecular weight excluding hydrogens is 290 g/mol. The van der Waals surface area contributed by atoms with Gasteiger partial charge in [0.1, 0.15) is 6.04 Å². The predicted molar refractivity (Wildman–Crippen MR) is 84.0 cm³/mol. The molecule has 118 valence electrons. The van der Waals surface area contributed by atoms with E-state index in [4.69, 9.17) is 10.5 Å². The van der Waals surface area contributed by atoms with E-state index < -0.39 is 18.1 Å². The van der Waals surface area contributed by atoms with Crippen LogP contribution in [0.4, 0.5) is 0 Å². The third kappa shape index (κ3) is 8.06. The molecule has 0 saturated heterocycles. The summed E-state index contributed by atoms with van der Waals surface area (Å²) in [5.74, 6) is 0.858. The second-order valence-electron chi connectivity index (χ2n) is 4.65. The zero-order valence-electron chi connectivity index (χ0n) is 12.2. The fourth-order valence-electron chi connectivity index (χ4n) is 1.63. The van der Waals surface area contributed by atoms with Crippen LogP contribution < -0.4 is 5.73 Å². The van der Waals surface area contributed by atoms with Gasteiger partial charge in [0.15, 0.2) is 0 Å². The number of carbonyl (C=O) groups is 1. The van der Waals surface area contributed by atoms with Gasteiger partial charge in [-0.15, -0.1) is 0 Å². The molecule has 2 unspecified atom stereocenters. The Morgan fingerprint density at radius 3 is 2.76 bits per heavy atom. The molecule has 0 aliphatic heterocycles. The molecule has 0 aliphatic rings. The Morgan fingerprint density at radius 2 is 2.10 bits per heavy atom. The van der Waals surface area contributed by atoms with Gasteiger partial charge in [0, 0.05) is 5.75 Å². The van der Waals surface area contributed by atoms with E-state index in [1.165, 1.54) is 7.11 Å².